The lowest BCUT2D eigenvalue weighted by molar-refractivity contribution is 1.07. The predicted octanol–water partition coefficient (Wildman–Crippen LogP) is 11.1. The molecular weight excluding hydrogens is 619 g/mol. The number of hydrogen-bond donors (Lipinski definition) is 0. The lowest BCUT2D eigenvalue weighted by Gasteiger charge is -2.12. The summed E-state index contributed by atoms with van der Waals surface area (Å²) in [7, 11) is 0. The molecule has 0 atom stereocenters. The molecule has 0 N–H and O–H groups in total. The molecule has 0 radical (unpaired) electrons. The minimum Gasteiger partial charge on any atom is -0.308 e. The summed E-state index contributed by atoms with van der Waals surface area (Å²) in [6.45, 7) is 0. The van der Waals surface area contributed by atoms with Crippen molar-refractivity contribution in [3.05, 3.63) is 164 Å². The van der Waals surface area contributed by atoms with Gasteiger partial charge in [-0.3, -0.25) is 9.55 Å². The molecule has 10 rings (SSSR count). The summed E-state index contributed by atoms with van der Waals surface area (Å²) in [6.07, 6.45) is 2.00. The third-order valence-corrected chi connectivity index (χ3v) is 10.4. The largest absolute Gasteiger partial charge is 0.308 e. The van der Waals surface area contributed by atoms with Gasteiger partial charge in [-0.25, -0.2) is 0 Å². The van der Waals surface area contributed by atoms with Crippen molar-refractivity contribution in [3.8, 4) is 45.3 Å². The third kappa shape index (κ3) is 4.49. The van der Waals surface area contributed by atoms with Gasteiger partial charge in [0.15, 0.2) is 11.6 Å². The number of rotatable bonds is 5. The summed E-state index contributed by atoms with van der Waals surface area (Å²) in [5.74, 6) is 1.60. The zero-order chi connectivity index (χ0) is 32.3. The number of thiophene rings is 1. The quantitative estimate of drug-likeness (QED) is 0.187. The Hall–Kier alpha value is -6.37. The standard InChI is InChI=1S/C43H27N5S/c1-4-12-28(13-5-1)31-24-38-41(44-27-31)36-25-35-34-18-10-11-19-39(34)49-40(35)26-37(36)47(38)33-22-20-30(21-23-33)43-46-45-42(29-14-6-2-7-15-29)48(43)32-16-8-3-9-17-32/h1-27H. The van der Waals surface area contributed by atoms with Crippen LogP contribution in [-0.2, 0) is 0 Å². The van der Waals surface area contributed by atoms with Gasteiger partial charge in [0, 0.05) is 59.8 Å². The van der Waals surface area contributed by atoms with Crippen LogP contribution in [-0.4, -0.2) is 24.3 Å². The Balaban J connectivity index is 1.18. The van der Waals surface area contributed by atoms with Gasteiger partial charge < -0.3 is 4.57 Å². The van der Waals surface area contributed by atoms with Gasteiger partial charge in [0.2, 0.25) is 0 Å². The normalized spacial score (nSPS) is 11.7. The van der Waals surface area contributed by atoms with Crippen LogP contribution in [0.4, 0.5) is 0 Å². The first-order valence-electron chi connectivity index (χ1n) is 16.3. The molecule has 4 heterocycles. The zero-order valence-electron chi connectivity index (χ0n) is 26.2. The fraction of sp³-hybridized carbons (Fsp3) is 0. The van der Waals surface area contributed by atoms with Gasteiger partial charge in [-0.15, -0.1) is 21.5 Å². The molecule has 0 aliphatic heterocycles. The van der Waals surface area contributed by atoms with Crippen molar-refractivity contribution in [2.45, 2.75) is 0 Å². The molecule has 0 fully saturated rings. The number of fused-ring (bicyclic) bond motifs is 6. The van der Waals surface area contributed by atoms with Gasteiger partial charge in [0.1, 0.15) is 0 Å². The summed E-state index contributed by atoms with van der Waals surface area (Å²) in [5.41, 5.74) is 9.51. The third-order valence-electron chi connectivity index (χ3n) is 9.30. The number of pyridine rings is 1. The molecule has 5 nitrogen and oxygen atoms in total. The second-order valence-corrected chi connectivity index (χ2v) is 13.3. The molecule has 0 unspecified atom stereocenters. The lowest BCUT2D eigenvalue weighted by Crippen LogP contribution is -2.00. The second-order valence-electron chi connectivity index (χ2n) is 12.2. The number of para-hydroxylation sites is 1. The van der Waals surface area contributed by atoms with Gasteiger partial charge in [0.05, 0.1) is 16.6 Å². The minimum absolute atomic E-state index is 0.791. The van der Waals surface area contributed by atoms with E-state index in [4.69, 9.17) is 10.1 Å². The van der Waals surface area contributed by atoms with Crippen molar-refractivity contribution in [3.63, 3.8) is 0 Å². The summed E-state index contributed by atoms with van der Waals surface area (Å²) >= 11 is 1.84. The summed E-state index contributed by atoms with van der Waals surface area (Å²) in [6, 6.07) is 55.3. The number of benzene rings is 6. The molecule has 49 heavy (non-hydrogen) atoms. The number of nitrogens with zero attached hydrogens (tertiary/aromatic N) is 5. The highest BCUT2D eigenvalue weighted by Crippen LogP contribution is 2.41. The van der Waals surface area contributed by atoms with Crippen molar-refractivity contribution in [1.82, 2.24) is 24.3 Å². The lowest BCUT2D eigenvalue weighted by atomic mass is 10.1. The van der Waals surface area contributed by atoms with E-state index in [1.807, 2.05) is 60.0 Å². The van der Waals surface area contributed by atoms with Crippen LogP contribution in [0.2, 0.25) is 0 Å². The molecule has 0 aliphatic rings. The maximum atomic E-state index is 5.11. The predicted molar refractivity (Wildman–Crippen MR) is 203 cm³/mol. The molecule has 0 bridgehead atoms. The molecule has 10 aromatic rings. The Morgan fingerprint density at radius 1 is 0.408 bits per heavy atom. The van der Waals surface area contributed by atoms with E-state index in [1.54, 1.807) is 0 Å². The van der Waals surface area contributed by atoms with Gasteiger partial charge in [-0.1, -0.05) is 97.1 Å². The highest BCUT2D eigenvalue weighted by molar-refractivity contribution is 7.25. The van der Waals surface area contributed by atoms with E-state index < -0.39 is 0 Å². The van der Waals surface area contributed by atoms with Crippen molar-refractivity contribution >= 4 is 53.4 Å². The van der Waals surface area contributed by atoms with Crippen LogP contribution in [0.25, 0.3) is 87.4 Å². The van der Waals surface area contributed by atoms with Gasteiger partial charge in [-0.05, 0) is 66.2 Å². The maximum absolute atomic E-state index is 5.11. The Labute approximate surface area is 286 Å². The smallest absolute Gasteiger partial charge is 0.168 e. The van der Waals surface area contributed by atoms with Crippen LogP contribution in [0.1, 0.15) is 0 Å². The first-order valence-corrected chi connectivity index (χ1v) is 17.1. The van der Waals surface area contributed by atoms with E-state index in [9.17, 15) is 0 Å². The van der Waals surface area contributed by atoms with Crippen LogP contribution >= 0.6 is 11.3 Å². The van der Waals surface area contributed by atoms with Crippen LogP contribution < -0.4 is 0 Å². The van der Waals surface area contributed by atoms with Crippen molar-refractivity contribution in [2.24, 2.45) is 0 Å². The first kappa shape index (κ1) is 27.7. The minimum atomic E-state index is 0.791. The highest BCUT2D eigenvalue weighted by Gasteiger charge is 2.20. The topological polar surface area (TPSA) is 48.5 Å². The van der Waals surface area contributed by atoms with Gasteiger partial charge in [-0.2, -0.15) is 0 Å². The Morgan fingerprint density at radius 2 is 1.02 bits per heavy atom. The SMILES string of the molecule is c1ccc(-c2cnc3c4cc5c(cc4n(-c4ccc(-c6nnc(-c7ccccc7)n6-c6ccccc6)cc4)c3c2)sc2ccccc25)cc1. The van der Waals surface area contributed by atoms with Crippen molar-refractivity contribution < 1.29 is 0 Å². The summed E-state index contributed by atoms with van der Waals surface area (Å²) in [5, 5.41) is 13.1. The van der Waals surface area contributed by atoms with Crippen molar-refractivity contribution in [2.75, 3.05) is 0 Å². The molecule has 4 aromatic heterocycles. The van der Waals surface area contributed by atoms with E-state index in [0.717, 1.165) is 67.2 Å². The Kier molecular flexibility index (Phi) is 6.29. The molecule has 0 aliphatic carbocycles. The molecule has 6 heteroatoms. The van der Waals surface area contributed by atoms with E-state index in [0.29, 0.717) is 0 Å². The first-order chi connectivity index (χ1) is 24.3. The number of hydrogen-bond acceptors (Lipinski definition) is 4. The fourth-order valence-electron chi connectivity index (χ4n) is 6.99. The van der Waals surface area contributed by atoms with Crippen LogP contribution in [0.3, 0.4) is 0 Å². The molecular formula is C43H27N5S. The van der Waals surface area contributed by atoms with E-state index in [2.05, 4.69) is 129 Å². The molecule has 6 aromatic carbocycles. The highest BCUT2D eigenvalue weighted by atomic mass is 32.1. The van der Waals surface area contributed by atoms with Crippen LogP contribution in [0.5, 0.6) is 0 Å². The number of aromatic nitrogens is 5. The van der Waals surface area contributed by atoms with Crippen molar-refractivity contribution in [1.29, 1.82) is 0 Å². The second kappa shape index (κ2) is 11.1. The summed E-state index contributed by atoms with van der Waals surface area (Å²) in [4.78, 5) is 5.11. The van der Waals surface area contributed by atoms with E-state index in [-0.39, 0.29) is 0 Å². The zero-order valence-corrected chi connectivity index (χ0v) is 27.0. The van der Waals surface area contributed by atoms with E-state index >= 15 is 0 Å². The average Bonchev–Trinajstić information content (AvgIpc) is 3.87. The van der Waals surface area contributed by atoms with Crippen LogP contribution in [0.15, 0.2) is 164 Å². The van der Waals surface area contributed by atoms with Crippen LogP contribution in [0, 0.1) is 0 Å². The molecule has 0 saturated heterocycles. The fourth-order valence-corrected chi connectivity index (χ4v) is 8.11. The Bertz CT molecular complexity index is 2800. The molecule has 0 amide bonds. The van der Waals surface area contributed by atoms with Gasteiger partial charge in [0.25, 0.3) is 0 Å². The molecule has 0 saturated carbocycles. The average molecular weight is 646 g/mol. The monoisotopic (exact) mass is 645 g/mol. The Morgan fingerprint density at radius 3 is 1.76 bits per heavy atom. The van der Waals surface area contributed by atoms with E-state index in [1.165, 1.54) is 20.2 Å². The molecule has 0 spiro atoms. The van der Waals surface area contributed by atoms with Gasteiger partial charge >= 0.3 is 0 Å². The molecule has 230 valence electrons. The maximum Gasteiger partial charge on any atom is 0.168 e. The summed E-state index contributed by atoms with van der Waals surface area (Å²) < 4.78 is 7.05.